The van der Waals surface area contributed by atoms with Gasteiger partial charge in [-0.05, 0) is 18.8 Å². The van der Waals surface area contributed by atoms with Gasteiger partial charge < -0.3 is 0 Å². The summed E-state index contributed by atoms with van der Waals surface area (Å²) in [6, 6.07) is 0. The summed E-state index contributed by atoms with van der Waals surface area (Å²) in [5, 5.41) is 8.19. The van der Waals surface area contributed by atoms with Gasteiger partial charge in [0.25, 0.3) is 0 Å². The molecule has 0 rings (SSSR count). The zero-order valence-electron chi connectivity index (χ0n) is 6.84. The molecule has 0 aromatic carbocycles. The van der Waals surface area contributed by atoms with Crippen molar-refractivity contribution in [2.45, 2.75) is 26.2 Å². The maximum Gasteiger partial charge on any atom is 0.243 e. The number of hydrogen-bond acceptors (Lipinski definition) is 2. The van der Waals surface area contributed by atoms with Crippen molar-refractivity contribution in [3.05, 3.63) is 12.7 Å². The Hall–Kier alpha value is -0.830. The first-order chi connectivity index (χ1) is 5.20. The molecule has 3 nitrogen and oxygen atoms in total. The smallest absolute Gasteiger partial charge is 0.243 e. The van der Waals surface area contributed by atoms with Gasteiger partial charge in [-0.15, -0.1) is 6.58 Å². The van der Waals surface area contributed by atoms with E-state index in [0.29, 0.717) is 12.3 Å². The van der Waals surface area contributed by atoms with Gasteiger partial charge in [-0.25, -0.2) is 5.48 Å². The fourth-order valence-electron chi connectivity index (χ4n) is 0.867. The molecular formula is C8H15NO2. The number of hydroxylamine groups is 1. The average Bonchev–Trinajstić information content (AvgIpc) is 2.00. The number of nitrogens with one attached hydrogen (secondary N) is 1. The minimum atomic E-state index is -0.318. The fraction of sp³-hybridized carbons (Fsp3) is 0.625. The molecule has 0 aliphatic carbocycles. The molecule has 1 amide bonds. The highest BCUT2D eigenvalue weighted by Gasteiger charge is 2.06. The topological polar surface area (TPSA) is 49.3 Å². The minimum Gasteiger partial charge on any atom is -0.289 e. The largest absolute Gasteiger partial charge is 0.289 e. The summed E-state index contributed by atoms with van der Waals surface area (Å²) in [6.45, 7) is 5.55. The molecule has 0 aromatic heterocycles. The zero-order valence-corrected chi connectivity index (χ0v) is 6.84. The lowest BCUT2D eigenvalue weighted by Crippen LogP contribution is -2.20. The van der Waals surface area contributed by atoms with Crippen LogP contribution in [0.25, 0.3) is 0 Å². The lowest BCUT2D eigenvalue weighted by Gasteiger charge is -2.06. The Morgan fingerprint density at radius 3 is 2.91 bits per heavy atom. The van der Waals surface area contributed by atoms with E-state index in [1.54, 1.807) is 5.48 Å². The number of carbonyl (C=O) groups is 1. The second kappa shape index (κ2) is 5.92. The normalized spacial score (nSPS) is 12.2. The van der Waals surface area contributed by atoms with E-state index >= 15 is 0 Å². The van der Waals surface area contributed by atoms with Crippen LogP contribution in [0.15, 0.2) is 12.7 Å². The second-order valence-corrected chi connectivity index (χ2v) is 2.71. The highest BCUT2D eigenvalue weighted by atomic mass is 16.5. The van der Waals surface area contributed by atoms with Gasteiger partial charge in [-0.3, -0.25) is 10.0 Å². The third kappa shape index (κ3) is 5.61. The van der Waals surface area contributed by atoms with Crippen LogP contribution in [0, 0.1) is 5.92 Å². The van der Waals surface area contributed by atoms with E-state index in [1.807, 2.05) is 13.0 Å². The molecule has 11 heavy (non-hydrogen) atoms. The van der Waals surface area contributed by atoms with Gasteiger partial charge in [0, 0.05) is 6.42 Å². The average molecular weight is 157 g/mol. The molecule has 0 bridgehead atoms. The van der Waals surface area contributed by atoms with Crippen LogP contribution in [0.1, 0.15) is 26.2 Å². The predicted molar refractivity (Wildman–Crippen MR) is 43.1 cm³/mol. The van der Waals surface area contributed by atoms with Crippen LogP contribution in [0.3, 0.4) is 0 Å². The van der Waals surface area contributed by atoms with Crippen LogP contribution in [0.2, 0.25) is 0 Å². The lowest BCUT2D eigenvalue weighted by molar-refractivity contribution is -0.130. The Balaban J connectivity index is 3.42. The number of rotatable bonds is 5. The second-order valence-electron chi connectivity index (χ2n) is 2.71. The number of allylic oxidation sites excluding steroid dienone is 1. The zero-order chi connectivity index (χ0) is 8.69. The molecule has 0 heterocycles. The molecule has 0 fully saturated rings. The molecule has 0 spiro atoms. The van der Waals surface area contributed by atoms with Crippen LogP contribution in [-0.2, 0) is 4.79 Å². The first kappa shape index (κ1) is 10.2. The van der Waals surface area contributed by atoms with Crippen LogP contribution < -0.4 is 5.48 Å². The van der Waals surface area contributed by atoms with E-state index in [0.717, 1.165) is 12.8 Å². The van der Waals surface area contributed by atoms with Crippen LogP contribution in [0.5, 0.6) is 0 Å². The molecule has 2 N–H and O–H groups in total. The van der Waals surface area contributed by atoms with Crippen molar-refractivity contribution in [1.29, 1.82) is 0 Å². The molecule has 0 aliphatic rings. The predicted octanol–water partition coefficient (Wildman–Crippen LogP) is 1.48. The van der Waals surface area contributed by atoms with E-state index in [4.69, 9.17) is 5.21 Å². The maximum atomic E-state index is 10.6. The standard InChI is InChI=1S/C8H15NO2/c1-3-4-5-7(2)6-8(10)9-11/h3,7,11H,1,4-6H2,2H3,(H,9,10). The summed E-state index contributed by atoms with van der Waals surface area (Å²) >= 11 is 0. The van der Waals surface area contributed by atoms with E-state index in [2.05, 4.69) is 6.58 Å². The van der Waals surface area contributed by atoms with Crippen molar-refractivity contribution < 1.29 is 10.0 Å². The maximum absolute atomic E-state index is 10.6. The molecule has 3 heteroatoms. The first-order valence-electron chi connectivity index (χ1n) is 3.74. The van der Waals surface area contributed by atoms with E-state index < -0.39 is 0 Å². The molecule has 1 atom stereocenters. The van der Waals surface area contributed by atoms with Gasteiger partial charge >= 0.3 is 0 Å². The quantitative estimate of drug-likeness (QED) is 0.361. The Labute approximate surface area is 67.1 Å². The van der Waals surface area contributed by atoms with Crippen molar-refractivity contribution in [1.82, 2.24) is 5.48 Å². The third-order valence-corrected chi connectivity index (χ3v) is 1.52. The van der Waals surface area contributed by atoms with Crippen molar-refractivity contribution in [3.8, 4) is 0 Å². The van der Waals surface area contributed by atoms with Gasteiger partial charge in [0.05, 0.1) is 0 Å². The van der Waals surface area contributed by atoms with E-state index in [1.165, 1.54) is 0 Å². The van der Waals surface area contributed by atoms with Crippen LogP contribution in [0.4, 0.5) is 0 Å². The summed E-state index contributed by atoms with van der Waals surface area (Å²) in [5.41, 5.74) is 1.61. The highest BCUT2D eigenvalue weighted by Crippen LogP contribution is 2.09. The lowest BCUT2D eigenvalue weighted by atomic mass is 10.0. The van der Waals surface area contributed by atoms with Gasteiger partial charge in [0.2, 0.25) is 5.91 Å². The Bertz CT molecular complexity index is 134. The SMILES string of the molecule is C=CCCC(C)CC(=O)NO. The Morgan fingerprint density at radius 1 is 1.82 bits per heavy atom. The van der Waals surface area contributed by atoms with Crippen LogP contribution >= 0.6 is 0 Å². The summed E-state index contributed by atoms with van der Waals surface area (Å²) in [4.78, 5) is 10.6. The van der Waals surface area contributed by atoms with E-state index in [-0.39, 0.29) is 5.91 Å². The van der Waals surface area contributed by atoms with Crippen LogP contribution in [-0.4, -0.2) is 11.1 Å². The Kier molecular flexibility index (Phi) is 5.47. The van der Waals surface area contributed by atoms with Crippen molar-refractivity contribution in [3.63, 3.8) is 0 Å². The van der Waals surface area contributed by atoms with Crippen molar-refractivity contribution in [2.75, 3.05) is 0 Å². The van der Waals surface area contributed by atoms with Crippen molar-refractivity contribution in [2.24, 2.45) is 5.92 Å². The van der Waals surface area contributed by atoms with Crippen molar-refractivity contribution >= 4 is 5.91 Å². The highest BCUT2D eigenvalue weighted by molar-refractivity contribution is 5.74. The Morgan fingerprint density at radius 2 is 2.45 bits per heavy atom. The van der Waals surface area contributed by atoms with Gasteiger partial charge in [0.1, 0.15) is 0 Å². The first-order valence-corrected chi connectivity index (χ1v) is 3.74. The fourth-order valence-corrected chi connectivity index (χ4v) is 0.867. The molecule has 0 saturated carbocycles. The molecule has 1 unspecified atom stereocenters. The third-order valence-electron chi connectivity index (χ3n) is 1.52. The van der Waals surface area contributed by atoms with Gasteiger partial charge in [0.15, 0.2) is 0 Å². The van der Waals surface area contributed by atoms with Gasteiger partial charge in [-0.1, -0.05) is 13.0 Å². The molecular weight excluding hydrogens is 142 g/mol. The number of hydrogen-bond donors (Lipinski definition) is 2. The minimum absolute atomic E-state index is 0.306. The van der Waals surface area contributed by atoms with E-state index in [9.17, 15) is 4.79 Å². The summed E-state index contributed by atoms with van der Waals surface area (Å²) < 4.78 is 0. The molecule has 0 saturated heterocycles. The molecule has 0 radical (unpaired) electrons. The summed E-state index contributed by atoms with van der Waals surface area (Å²) in [6.07, 6.45) is 4.06. The molecule has 0 aromatic rings. The molecule has 0 aliphatic heterocycles. The summed E-state index contributed by atoms with van der Waals surface area (Å²) in [7, 11) is 0. The number of amides is 1. The molecule has 64 valence electrons. The summed E-state index contributed by atoms with van der Waals surface area (Å²) in [5.74, 6) is -0.0123. The van der Waals surface area contributed by atoms with Gasteiger partial charge in [-0.2, -0.15) is 0 Å². The number of carbonyl (C=O) groups excluding carboxylic acids is 1. The monoisotopic (exact) mass is 157 g/mol.